The number of rotatable bonds is 8. The highest BCUT2D eigenvalue weighted by molar-refractivity contribution is 5.60. The molecule has 0 bridgehead atoms. The van der Waals surface area contributed by atoms with E-state index in [-0.39, 0.29) is 6.10 Å². The number of benzene rings is 2. The number of nitrogens with zero attached hydrogens (tertiary/aromatic N) is 1. The maximum absolute atomic E-state index is 6.33. The van der Waals surface area contributed by atoms with E-state index in [1.54, 1.807) is 7.11 Å². The number of methoxy groups -OCH3 is 1. The van der Waals surface area contributed by atoms with Gasteiger partial charge in [0.1, 0.15) is 17.6 Å². The molecule has 0 amide bonds. The Labute approximate surface area is 162 Å². The molecule has 27 heavy (non-hydrogen) atoms. The minimum absolute atomic E-state index is 0.0510. The van der Waals surface area contributed by atoms with Crippen molar-refractivity contribution >= 4 is 0 Å². The monoisotopic (exact) mass is 361 g/mol. The normalized spacial score (nSPS) is 11.8. The molecular formula is C24H27NO2. The Balaban J connectivity index is 1.87. The standard InChI is InChI=1S/C24H27NO2/c1-4-5-12-24(27-21-9-6-8-18(2)17-21)23-11-7-10-22(25-23)19-13-15-20(26-3)16-14-19/h6-11,13-17,24H,4-5,12H2,1-3H3/t24-/m1/s1. The van der Waals surface area contributed by atoms with Crippen molar-refractivity contribution in [3.63, 3.8) is 0 Å². The van der Waals surface area contributed by atoms with Crippen molar-refractivity contribution in [2.45, 2.75) is 39.2 Å². The van der Waals surface area contributed by atoms with Crippen LogP contribution in [0.2, 0.25) is 0 Å². The summed E-state index contributed by atoms with van der Waals surface area (Å²) in [5, 5.41) is 0. The van der Waals surface area contributed by atoms with Crippen LogP contribution in [0.4, 0.5) is 0 Å². The molecule has 0 unspecified atom stereocenters. The van der Waals surface area contributed by atoms with E-state index in [0.29, 0.717) is 0 Å². The van der Waals surface area contributed by atoms with Gasteiger partial charge in [-0.1, -0.05) is 31.5 Å². The number of ether oxygens (including phenoxy) is 2. The van der Waals surface area contributed by atoms with E-state index in [4.69, 9.17) is 14.5 Å². The highest BCUT2D eigenvalue weighted by atomic mass is 16.5. The van der Waals surface area contributed by atoms with E-state index >= 15 is 0 Å². The van der Waals surface area contributed by atoms with Crippen molar-refractivity contribution in [1.29, 1.82) is 0 Å². The number of aryl methyl sites for hydroxylation is 1. The molecule has 1 heterocycles. The Morgan fingerprint density at radius 2 is 1.70 bits per heavy atom. The van der Waals surface area contributed by atoms with Crippen molar-refractivity contribution < 1.29 is 9.47 Å². The smallest absolute Gasteiger partial charge is 0.141 e. The number of hydrogen-bond acceptors (Lipinski definition) is 3. The number of unbranched alkanes of at least 4 members (excludes halogenated alkanes) is 1. The molecule has 140 valence electrons. The highest BCUT2D eigenvalue weighted by Crippen LogP contribution is 2.28. The van der Waals surface area contributed by atoms with Crippen LogP contribution in [0.5, 0.6) is 11.5 Å². The van der Waals surface area contributed by atoms with Crippen LogP contribution in [0.15, 0.2) is 66.7 Å². The van der Waals surface area contributed by atoms with Crippen LogP contribution in [-0.2, 0) is 0 Å². The molecule has 1 atom stereocenters. The second kappa shape index (κ2) is 9.22. The van der Waals surface area contributed by atoms with Gasteiger partial charge in [0.25, 0.3) is 0 Å². The van der Waals surface area contributed by atoms with Gasteiger partial charge < -0.3 is 9.47 Å². The first-order valence-corrected chi connectivity index (χ1v) is 9.54. The molecule has 3 rings (SSSR count). The molecule has 3 nitrogen and oxygen atoms in total. The molecule has 0 aliphatic heterocycles. The quantitative estimate of drug-likeness (QED) is 0.467. The average Bonchev–Trinajstić information content (AvgIpc) is 2.71. The maximum atomic E-state index is 6.33. The van der Waals surface area contributed by atoms with Crippen molar-refractivity contribution in [2.24, 2.45) is 0 Å². The predicted molar refractivity (Wildman–Crippen MR) is 110 cm³/mol. The number of aromatic nitrogens is 1. The van der Waals surface area contributed by atoms with Crippen LogP contribution in [0.3, 0.4) is 0 Å². The SMILES string of the molecule is CCCC[C@@H](Oc1cccc(C)c1)c1cccc(-c2ccc(OC)cc2)n1. The Morgan fingerprint density at radius 3 is 2.41 bits per heavy atom. The summed E-state index contributed by atoms with van der Waals surface area (Å²) in [5.41, 5.74) is 4.19. The molecule has 3 heteroatoms. The Kier molecular flexibility index (Phi) is 6.48. The molecule has 0 N–H and O–H groups in total. The van der Waals surface area contributed by atoms with Crippen LogP contribution in [-0.4, -0.2) is 12.1 Å². The summed E-state index contributed by atoms with van der Waals surface area (Å²) in [6.45, 7) is 4.28. The largest absolute Gasteiger partial charge is 0.497 e. The molecule has 0 fully saturated rings. The fourth-order valence-corrected chi connectivity index (χ4v) is 3.06. The van der Waals surface area contributed by atoms with Gasteiger partial charge in [0.05, 0.1) is 18.5 Å². The Bertz CT molecular complexity index is 858. The van der Waals surface area contributed by atoms with E-state index in [2.05, 4.69) is 38.1 Å². The van der Waals surface area contributed by atoms with Crippen LogP contribution >= 0.6 is 0 Å². The summed E-state index contributed by atoms with van der Waals surface area (Å²) in [6, 6.07) is 22.3. The van der Waals surface area contributed by atoms with E-state index in [9.17, 15) is 0 Å². The maximum Gasteiger partial charge on any atom is 0.141 e. The van der Waals surface area contributed by atoms with Crippen molar-refractivity contribution in [1.82, 2.24) is 4.98 Å². The van der Waals surface area contributed by atoms with Gasteiger partial charge >= 0.3 is 0 Å². The first-order chi connectivity index (χ1) is 13.2. The van der Waals surface area contributed by atoms with Crippen molar-refractivity contribution in [2.75, 3.05) is 7.11 Å². The molecule has 2 aromatic carbocycles. The molecule has 0 spiro atoms. The lowest BCUT2D eigenvalue weighted by atomic mass is 10.1. The Hall–Kier alpha value is -2.81. The second-order valence-electron chi connectivity index (χ2n) is 6.74. The van der Waals surface area contributed by atoms with Gasteiger partial charge in [0.15, 0.2) is 0 Å². The average molecular weight is 361 g/mol. The predicted octanol–water partition coefficient (Wildman–Crippen LogP) is 6.38. The van der Waals surface area contributed by atoms with Gasteiger partial charge in [-0.2, -0.15) is 0 Å². The third-order valence-corrected chi connectivity index (χ3v) is 4.57. The zero-order valence-corrected chi connectivity index (χ0v) is 16.3. The third-order valence-electron chi connectivity index (χ3n) is 4.57. The van der Waals surface area contributed by atoms with E-state index in [0.717, 1.165) is 47.7 Å². The van der Waals surface area contributed by atoms with E-state index in [1.807, 2.05) is 42.5 Å². The van der Waals surface area contributed by atoms with E-state index in [1.165, 1.54) is 5.56 Å². The topological polar surface area (TPSA) is 31.4 Å². The number of hydrogen-bond donors (Lipinski definition) is 0. The summed E-state index contributed by atoms with van der Waals surface area (Å²) in [7, 11) is 1.68. The zero-order valence-electron chi connectivity index (χ0n) is 16.3. The van der Waals surface area contributed by atoms with Crippen molar-refractivity contribution in [3.8, 4) is 22.8 Å². The van der Waals surface area contributed by atoms with Gasteiger partial charge in [-0.25, -0.2) is 4.98 Å². The Morgan fingerprint density at radius 1 is 0.926 bits per heavy atom. The lowest BCUT2D eigenvalue weighted by Gasteiger charge is -2.19. The zero-order chi connectivity index (χ0) is 19.1. The van der Waals surface area contributed by atoms with Crippen LogP contribution < -0.4 is 9.47 Å². The molecule has 1 aromatic heterocycles. The molecule has 0 radical (unpaired) electrons. The summed E-state index contributed by atoms with van der Waals surface area (Å²) in [5.74, 6) is 1.74. The first kappa shape index (κ1) is 19.0. The fraction of sp³-hybridized carbons (Fsp3) is 0.292. The molecule has 0 saturated heterocycles. The summed E-state index contributed by atoms with van der Waals surface area (Å²) in [4.78, 5) is 4.90. The lowest BCUT2D eigenvalue weighted by Crippen LogP contribution is -2.10. The summed E-state index contributed by atoms with van der Waals surface area (Å²) in [6.07, 6.45) is 3.13. The fourth-order valence-electron chi connectivity index (χ4n) is 3.06. The molecule has 0 aliphatic carbocycles. The molecule has 0 aliphatic rings. The van der Waals surface area contributed by atoms with Gasteiger partial charge in [-0.3, -0.25) is 0 Å². The van der Waals surface area contributed by atoms with Crippen LogP contribution in [0.25, 0.3) is 11.3 Å². The first-order valence-electron chi connectivity index (χ1n) is 9.54. The minimum Gasteiger partial charge on any atom is -0.497 e. The van der Waals surface area contributed by atoms with Gasteiger partial charge in [0, 0.05) is 5.56 Å². The number of pyridine rings is 1. The van der Waals surface area contributed by atoms with Gasteiger partial charge in [-0.15, -0.1) is 0 Å². The minimum atomic E-state index is -0.0510. The molecular weight excluding hydrogens is 334 g/mol. The lowest BCUT2D eigenvalue weighted by molar-refractivity contribution is 0.186. The third kappa shape index (κ3) is 5.10. The van der Waals surface area contributed by atoms with Crippen molar-refractivity contribution in [3.05, 3.63) is 78.0 Å². The van der Waals surface area contributed by atoms with Gasteiger partial charge in [-0.05, 0) is 73.9 Å². The van der Waals surface area contributed by atoms with Crippen LogP contribution in [0, 0.1) is 6.92 Å². The van der Waals surface area contributed by atoms with Crippen LogP contribution in [0.1, 0.15) is 43.5 Å². The van der Waals surface area contributed by atoms with Gasteiger partial charge in [0.2, 0.25) is 0 Å². The second-order valence-corrected chi connectivity index (χ2v) is 6.74. The molecule has 0 saturated carbocycles. The summed E-state index contributed by atoms with van der Waals surface area (Å²) < 4.78 is 11.6. The summed E-state index contributed by atoms with van der Waals surface area (Å²) >= 11 is 0. The van der Waals surface area contributed by atoms with E-state index < -0.39 is 0 Å². The highest BCUT2D eigenvalue weighted by Gasteiger charge is 2.16. The molecule has 3 aromatic rings.